The monoisotopic (exact) mass is 294 g/mol. The van der Waals surface area contributed by atoms with Crippen molar-refractivity contribution < 1.29 is 8.42 Å². The molecule has 7 heteroatoms. The third-order valence-electron chi connectivity index (χ3n) is 2.84. The third kappa shape index (κ3) is 3.17. The first-order chi connectivity index (χ1) is 9.56. The predicted octanol–water partition coefficient (Wildman–Crippen LogP) is 1.42. The van der Waals surface area contributed by atoms with Crippen LogP contribution in [0.3, 0.4) is 0 Å². The maximum atomic E-state index is 12.4. The van der Waals surface area contributed by atoms with Crippen molar-refractivity contribution in [2.75, 3.05) is 11.8 Å². The van der Waals surface area contributed by atoms with Gasteiger partial charge in [0.2, 0.25) is 0 Å². The van der Waals surface area contributed by atoms with E-state index in [0.29, 0.717) is 18.8 Å². The van der Waals surface area contributed by atoms with Gasteiger partial charge in [0.05, 0.1) is 16.8 Å². The molecule has 0 aliphatic carbocycles. The van der Waals surface area contributed by atoms with Gasteiger partial charge in [-0.3, -0.25) is 9.40 Å². The molecular formula is C13H18N4O2S. The van der Waals surface area contributed by atoms with Crippen LogP contribution < -0.4 is 10.0 Å². The average molecular weight is 294 g/mol. The molecule has 2 aromatic rings. The highest BCUT2D eigenvalue weighted by molar-refractivity contribution is 7.92. The molecule has 20 heavy (non-hydrogen) atoms. The molecule has 0 bridgehead atoms. The predicted molar refractivity (Wildman–Crippen MR) is 77.9 cm³/mol. The fourth-order valence-corrected chi connectivity index (χ4v) is 3.17. The summed E-state index contributed by atoms with van der Waals surface area (Å²) in [6, 6.07) is 6.92. The number of nitrogens with zero attached hydrogens (tertiary/aromatic N) is 2. The van der Waals surface area contributed by atoms with Gasteiger partial charge in [-0.05, 0) is 25.6 Å². The zero-order valence-electron chi connectivity index (χ0n) is 11.5. The standard InChI is InChI=1S/C13H18N4O2S/c1-3-17-10-12(9-15-17)16-20(18,19)13-7-5-4-6-11(13)8-14-2/h4-7,9-10,14,16H,3,8H2,1-2H3. The highest BCUT2D eigenvalue weighted by atomic mass is 32.2. The number of benzene rings is 1. The maximum Gasteiger partial charge on any atom is 0.262 e. The molecule has 0 radical (unpaired) electrons. The lowest BCUT2D eigenvalue weighted by Crippen LogP contribution is -2.17. The molecule has 1 heterocycles. The molecule has 0 amide bonds. The molecule has 1 aromatic carbocycles. The van der Waals surface area contributed by atoms with E-state index in [9.17, 15) is 8.42 Å². The molecule has 0 spiro atoms. The van der Waals surface area contributed by atoms with E-state index in [1.807, 2.05) is 13.0 Å². The number of aromatic nitrogens is 2. The van der Waals surface area contributed by atoms with E-state index in [-0.39, 0.29) is 4.90 Å². The number of hydrogen-bond donors (Lipinski definition) is 2. The molecule has 0 unspecified atom stereocenters. The summed E-state index contributed by atoms with van der Waals surface area (Å²) in [6.07, 6.45) is 3.17. The molecule has 6 nitrogen and oxygen atoms in total. The van der Waals surface area contributed by atoms with Gasteiger partial charge in [0, 0.05) is 19.3 Å². The van der Waals surface area contributed by atoms with Gasteiger partial charge in [-0.25, -0.2) is 8.42 Å². The molecule has 0 aliphatic heterocycles. The largest absolute Gasteiger partial charge is 0.316 e. The van der Waals surface area contributed by atoms with Crippen molar-refractivity contribution in [2.45, 2.75) is 24.9 Å². The van der Waals surface area contributed by atoms with E-state index < -0.39 is 10.0 Å². The summed E-state index contributed by atoms with van der Waals surface area (Å²) in [5, 5.41) is 7.01. The van der Waals surface area contributed by atoms with E-state index in [0.717, 1.165) is 5.56 Å². The minimum Gasteiger partial charge on any atom is -0.316 e. The lowest BCUT2D eigenvalue weighted by molar-refractivity contribution is 0.599. The minimum atomic E-state index is -3.60. The van der Waals surface area contributed by atoms with Crippen molar-refractivity contribution in [1.82, 2.24) is 15.1 Å². The highest BCUT2D eigenvalue weighted by Gasteiger charge is 2.18. The number of nitrogens with one attached hydrogen (secondary N) is 2. The van der Waals surface area contributed by atoms with Crippen molar-refractivity contribution in [3.63, 3.8) is 0 Å². The van der Waals surface area contributed by atoms with Crippen LogP contribution in [0.4, 0.5) is 5.69 Å². The van der Waals surface area contributed by atoms with Crippen LogP contribution in [0.5, 0.6) is 0 Å². The molecule has 2 rings (SSSR count). The van der Waals surface area contributed by atoms with Crippen molar-refractivity contribution in [3.8, 4) is 0 Å². The van der Waals surface area contributed by atoms with Gasteiger partial charge < -0.3 is 5.32 Å². The van der Waals surface area contributed by atoms with Crippen LogP contribution in [-0.2, 0) is 23.1 Å². The van der Waals surface area contributed by atoms with Gasteiger partial charge in [0.25, 0.3) is 10.0 Å². The second-order valence-electron chi connectivity index (χ2n) is 4.33. The first-order valence-corrected chi connectivity index (χ1v) is 7.83. The molecule has 108 valence electrons. The molecule has 1 aromatic heterocycles. The third-order valence-corrected chi connectivity index (χ3v) is 4.32. The van der Waals surface area contributed by atoms with Crippen molar-refractivity contribution in [1.29, 1.82) is 0 Å². The summed E-state index contributed by atoms with van der Waals surface area (Å²) >= 11 is 0. The summed E-state index contributed by atoms with van der Waals surface area (Å²) in [5.74, 6) is 0. The molecule has 0 aliphatic rings. The van der Waals surface area contributed by atoms with Crippen LogP contribution in [0.15, 0.2) is 41.6 Å². The fourth-order valence-electron chi connectivity index (χ4n) is 1.90. The molecule has 0 atom stereocenters. The van der Waals surface area contributed by atoms with E-state index in [1.165, 1.54) is 6.20 Å². The van der Waals surface area contributed by atoms with Crippen LogP contribution in [0.25, 0.3) is 0 Å². The van der Waals surface area contributed by atoms with Gasteiger partial charge in [-0.2, -0.15) is 5.10 Å². The zero-order valence-corrected chi connectivity index (χ0v) is 12.3. The topological polar surface area (TPSA) is 76.0 Å². The second kappa shape index (κ2) is 6.06. The number of sulfonamides is 1. The summed E-state index contributed by atoms with van der Waals surface area (Å²) in [6.45, 7) is 3.12. The van der Waals surface area contributed by atoms with Crippen molar-refractivity contribution in [3.05, 3.63) is 42.2 Å². The van der Waals surface area contributed by atoms with Gasteiger partial charge in [-0.15, -0.1) is 0 Å². The van der Waals surface area contributed by atoms with Crippen LogP contribution in [0.2, 0.25) is 0 Å². The van der Waals surface area contributed by atoms with Crippen molar-refractivity contribution >= 4 is 15.7 Å². The lowest BCUT2D eigenvalue weighted by atomic mass is 10.2. The van der Waals surface area contributed by atoms with Crippen LogP contribution in [0, 0.1) is 0 Å². The first kappa shape index (κ1) is 14.5. The molecule has 0 saturated heterocycles. The Morgan fingerprint density at radius 1 is 1.30 bits per heavy atom. The summed E-state index contributed by atoms with van der Waals surface area (Å²) in [5.41, 5.74) is 1.19. The highest BCUT2D eigenvalue weighted by Crippen LogP contribution is 2.19. The quantitative estimate of drug-likeness (QED) is 0.845. The van der Waals surface area contributed by atoms with Crippen LogP contribution >= 0.6 is 0 Å². The van der Waals surface area contributed by atoms with E-state index in [4.69, 9.17) is 0 Å². The Balaban J connectivity index is 2.30. The smallest absolute Gasteiger partial charge is 0.262 e. The van der Waals surface area contributed by atoms with Gasteiger partial charge in [-0.1, -0.05) is 18.2 Å². The number of aryl methyl sites for hydroxylation is 1. The SMILES string of the molecule is CCn1cc(NS(=O)(=O)c2ccccc2CNC)cn1. The van der Waals surface area contributed by atoms with E-state index >= 15 is 0 Å². The van der Waals surface area contributed by atoms with E-state index in [1.54, 1.807) is 36.1 Å². The normalized spacial score (nSPS) is 11.5. The maximum absolute atomic E-state index is 12.4. The number of anilines is 1. The van der Waals surface area contributed by atoms with Gasteiger partial charge in [0.15, 0.2) is 0 Å². The summed E-state index contributed by atoms with van der Waals surface area (Å²) < 4.78 is 29.1. The minimum absolute atomic E-state index is 0.276. The Bertz CT molecular complexity index is 679. The Labute approximate surface area is 118 Å². The zero-order chi connectivity index (χ0) is 14.6. The Kier molecular flexibility index (Phi) is 4.41. The summed E-state index contributed by atoms with van der Waals surface area (Å²) in [4.78, 5) is 0.276. The molecular weight excluding hydrogens is 276 g/mol. The Morgan fingerprint density at radius 2 is 2.05 bits per heavy atom. The number of hydrogen-bond acceptors (Lipinski definition) is 4. The van der Waals surface area contributed by atoms with Crippen molar-refractivity contribution in [2.24, 2.45) is 0 Å². The van der Waals surface area contributed by atoms with Crippen LogP contribution in [0.1, 0.15) is 12.5 Å². The van der Waals surface area contributed by atoms with Gasteiger partial charge in [0.1, 0.15) is 0 Å². The fraction of sp³-hybridized carbons (Fsp3) is 0.308. The molecule has 0 fully saturated rings. The lowest BCUT2D eigenvalue weighted by Gasteiger charge is -2.10. The first-order valence-electron chi connectivity index (χ1n) is 6.34. The molecule has 2 N–H and O–H groups in total. The average Bonchev–Trinajstić information content (AvgIpc) is 2.86. The van der Waals surface area contributed by atoms with Gasteiger partial charge >= 0.3 is 0 Å². The number of rotatable bonds is 6. The van der Waals surface area contributed by atoms with Crippen LogP contribution in [-0.4, -0.2) is 25.2 Å². The Hall–Kier alpha value is -1.86. The molecule has 0 saturated carbocycles. The second-order valence-corrected chi connectivity index (χ2v) is 5.98. The summed E-state index contributed by atoms with van der Waals surface area (Å²) in [7, 11) is -1.82. The Morgan fingerprint density at radius 3 is 2.70 bits per heavy atom. The van der Waals surface area contributed by atoms with E-state index in [2.05, 4.69) is 15.1 Å².